The first kappa shape index (κ1) is 31.4. The van der Waals surface area contributed by atoms with E-state index in [1.165, 1.54) is 4.90 Å². The number of aldehydes is 1. The molecular weight excluding hydrogens is 528 g/mol. The lowest BCUT2D eigenvalue weighted by Crippen LogP contribution is -2.57. The number of rotatable bonds is 12. The van der Waals surface area contributed by atoms with E-state index in [0.29, 0.717) is 12.8 Å². The van der Waals surface area contributed by atoms with Crippen LogP contribution >= 0.6 is 11.3 Å². The molecule has 0 aliphatic carbocycles. The predicted molar refractivity (Wildman–Crippen MR) is 156 cm³/mol. The number of unbranched alkanes of at least 4 members (excludes halogenated alkanes) is 3. The number of likely N-dealkylation sites (tertiary alicyclic amines) is 1. The lowest BCUT2D eigenvalue weighted by molar-refractivity contribution is -0.144. The first-order valence-corrected chi connectivity index (χ1v) is 14.8. The molecule has 1 aliphatic rings. The fourth-order valence-corrected chi connectivity index (χ4v) is 5.75. The van der Waals surface area contributed by atoms with Crippen molar-refractivity contribution in [3.63, 3.8) is 0 Å². The first-order valence-electron chi connectivity index (χ1n) is 13.9. The number of amides is 3. The summed E-state index contributed by atoms with van der Waals surface area (Å²) in [5.41, 5.74) is 4.17. The van der Waals surface area contributed by atoms with Crippen LogP contribution in [0, 0.1) is 12.3 Å². The zero-order valence-corrected chi connectivity index (χ0v) is 24.9. The molecule has 0 radical (unpaired) electrons. The van der Waals surface area contributed by atoms with Gasteiger partial charge in [-0.25, -0.2) is 4.98 Å². The topological polar surface area (TPSA) is 129 Å². The number of benzene rings is 1. The van der Waals surface area contributed by atoms with E-state index >= 15 is 0 Å². The van der Waals surface area contributed by atoms with Crippen LogP contribution in [0.25, 0.3) is 10.4 Å². The highest BCUT2D eigenvalue weighted by Gasteiger charge is 2.44. The maximum Gasteiger partial charge on any atom is 0.246 e. The molecule has 10 heteroatoms. The molecule has 1 aromatic carbocycles. The Labute approximate surface area is 240 Å². The van der Waals surface area contributed by atoms with Gasteiger partial charge in [0.25, 0.3) is 0 Å². The maximum absolute atomic E-state index is 13.7. The van der Waals surface area contributed by atoms with E-state index in [1.807, 2.05) is 64.4 Å². The summed E-state index contributed by atoms with van der Waals surface area (Å²) in [4.78, 5) is 57.1. The molecule has 3 amide bonds. The van der Waals surface area contributed by atoms with Gasteiger partial charge in [-0.05, 0) is 43.2 Å². The van der Waals surface area contributed by atoms with Crippen molar-refractivity contribution in [2.45, 2.75) is 97.4 Å². The average Bonchev–Trinajstić information content (AvgIpc) is 3.51. The number of aliphatic hydroxyl groups is 1. The zero-order chi connectivity index (χ0) is 29.4. The van der Waals surface area contributed by atoms with Gasteiger partial charge in [0.05, 0.1) is 28.2 Å². The molecule has 1 aliphatic heterocycles. The van der Waals surface area contributed by atoms with Gasteiger partial charge in [0.1, 0.15) is 18.4 Å². The number of aromatic nitrogens is 1. The van der Waals surface area contributed by atoms with Gasteiger partial charge in [-0.3, -0.25) is 14.4 Å². The van der Waals surface area contributed by atoms with Crippen molar-refractivity contribution in [3.8, 4) is 10.4 Å². The Morgan fingerprint density at radius 1 is 1.15 bits per heavy atom. The molecular formula is C30H42N4O5S. The van der Waals surface area contributed by atoms with Crippen LogP contribution in [0.3, 0.4) is 0 Å². The highest BCUT2D eigenvalue weighted by atomic mass is 32.1. The van der Waals surface area contributed by atoms with Crippen LogP contribution < -0.4 is 10.6 Å². The number of nitrogens with one attached hydrogen (secondary N) is 2. The smallest absolute Gasteiger partial charge is 0.246 e. The highest BCUT2D eigenvalue weighted by Crippen LogP contribution is 2.29. The fraction of sp³-hybridized carbons (Fsp3) is 0.567. The van der Waals surface area contributed by atoms with E-state index in [9.17, 15) is 24.3 Å². The van der Waals surface area contributed by atoms with E-state index in [0.717, 1.165) is 40.8 Å². The minimum absolute atomic E-state index is 0.0301. The number of carbonyl (C=O) groups is 4. The summed E-state index contributed by atoms with van der Waals surface area (Å²) in [5, 5.41) is 16.3. The van der Waals surface area contributed by atoms with Crippen molar-refractivity contribution in [2.24, 2.45) is 5.41 Å². The van der Waals surface area contributed by atoms with Crippen LogP contribution in [0.15, 0.2) is 29.8 Å². The normalized spacial score (nSPS) is 18.7. The summed E-state index contributed by atoms with van der Waals surface area (Å²) in [6.07, 6.45) is 3.02. The summed E-state index contributed by atoms with van der Waals surface area (Å²) in [6, 6.07) is 5.95. The highest BCUT2D eigenvalue weighted by molar-refractivity contribution is 7.13. The van der Waals surface area contributed by atoms with Crippen LogP contribution in [0.5, 0.6) is 0 Å². The number of hydrogen-bond acceptors (Lipinski definition) is 7. The monoisotopic (exact) mass is 570 g/mol. The maximum atomic E-state index is 13.7. The Morgan fingerprint density at radius 2 is 1.85 bits per heavy atom. The molecule has 9 nitrogen and oxygen atoms in total. The summed E-state index contributed by atoms with van der Waals surface area (Å²) in [6.45, 7) is 9.47. The van der Waals surface area contributed by atoms with Crippen LogP contribution in [-0.4, -0.2) is 63.7 Å². The SMILES string of the molecule is Cc1ncsc1-c1ccc([C@H](C)NC(=O)[C@@H]2C[C@@H](O)CN2C(=O)C(NC(=O)CCCCCC=O)C(C)(C)C)cc1. The van der Waals surface area contributed by atoms with Crippen molar-refractivity contribution in [3.05, 3.63) is 41.0 Å². The van der Waals surface area contributed by atoms with Gasteiger partial charge >= 0.3 is 0 Å². The van der Waals surface area contributed by atoms with Crippen LogP contribution in [0.4, 0.5) is 0 Å². The molecule has 1 fully saturated rings. The van der Waals surface area contributed by atoms with Gasteiger partial charge < -0.3 is 25.4 Å². The van der Waals surface area contributed by atoms with Crippen LogP contribution in [0.2, 0.25) is 0 Å². The number of aryl methyl sites for hydroxylation is 1. The standard InChI is InChI=1S/C30H42N4O5S/c1-19(21-11-13-22(14-12-21)26-20(2)31-18-40-26)32-28(38)24-16-23(36)17-34(24)29(39)27(30(3,4)5)33-25(37)10-8-6-7-9-15-35/h11-15,18-19,23-24,27,36H,6-10,16-17H2,1-5H3,(H,32,38)(H,33,37)/t19-,23+,24-,27?/m0/s1. The fourth-order valence-electron chi connectivity index (χ4n) is 4.94. The molecule has 0 bridgehead atoms. The quantitative estimate of drug-likeness (QED) is 0.262. The summed E-state index contributed by atoms with van der Waals surface area (Å²) in [7, 11) is 0. The number of β-amino-alcohol motifs (C(OH)–C–C–N with tert-alkyl or cyclic N) is 1. The van der Waals surface area contributed by atoms with Gasteiger partial charge in [-0.15, -0.1) is 11.3 Å². The molecule has 3 rings (SSSR count). The Balaban J connectivity index is 1.66. The van der Waals surface area contributed by atoms with E-state index in [4.69, 9.17) is 0 Å². The number of carbonyl (C=O) groups excluding carboxylic acids is 4. The Bertz CT molecular complexity index is 1170. The molecule has 0 spiro atoms. The molecule has 4 atom stereocenters. The van der Waals surface area contributed by atoms with Gasteiger partial charge in [-0.1, -0.05) is 51.5 Å². The summed E-state index contributed by atoms with van der Waals surface area (Å²) >= 11 is 1.58. The third kappa shape index (κ3) is 8.20. The molecule has 0 saturated carbocycles. The number of nitrogens with zero attached hydrogens (tertiary/aromatic N) is 2. The predicted octanol–water partition coefficient (Wildman–Crippen LogP) is 3.94. The van der Waals surface area contributed by atoms with E-state index in [-0.39, 0.29) is 43.1 Å². The second kappa shape index (κ2) is 14.0. The molecule has 1 unspecified atom stereocenters. The third-order valence-corrected chi connectivity index (χ3v) is 8.26. The number of thiazole rings is 1. The van der Waals surface area contributed by atoms with Gasteiger partial charge in [0.2, 0.25) is 17.7 Å². The lowest BCUT2D eigenvalue weighted by atomic mass is 9.85. The van der Waals surface area contributed by atoms with Crippen molar-refractivity contribution in [2.75, 3.05) is 6.54 Å². The summed E-state index contributed by atoms with van der Waals surface area (Å²) < 4.78 is 0. The molecule has 2 aromatic rings. The third-order valence-electron chi connectivity index (χ3n) is 7.29. The summed E-state index contributed by atoms with van der Waals surface area (Å²) in [5.74, 6) is -0.963. The zero-order valence-electron chi connectivity index (χ0n) is 24.1. The number of hydrogen-bond donors (Lipinski definition) is 3. The minimum atomic E-state index is -0.851. The number of aliphatic hydroxyl groups excluding tert-OH is 1. The second-order valence-electron chi connectivity index (χ2n) is 11.6. The van der Waals surface area contributed by atoms with E-state index in [1.54, 1.807) is 11.3 Å². The van der Waals surface area contributed by atoms with Gasteiger partial charge in [-0.2, -0.15) is 0 Å². The van der Waals surface area contributed by atoms with Crippen molar-refractivity contribution in [1.29, 1.82) is 0 Å². The van der Waals surface area contributed by atoms with Crippen LogP contribution in [-0.2, 0) is 19.2 Å². The van der Waals surface area contributed by atoms with Crippen molar-refractivity contribution < 1.29 is 24.3 Å². The Kier molecular flexibility index (Phi) is 11.0. The molecule has 2 heterocycles. The van der Waals surface area contributed by atoms with E-state index < -0.39 is 23.6 Å². The van der Waals surface area contributed by atoms with Crippen molar-refractivity contribution >= 4 is 35.3 Å². The largest absolute Gasteiger partial charge is 0.391 e. The van der Waals surface area contributed by atoms with Gasteiger partial charge in [0.15, 0.2) is 0 Å². The Hall–Kier alpha value is -3.11. The van der Waals surface area contributed by atoms with Crippen LogP contribution in [0.1, 0.15) is 83.5 Å². The average molecular weight is 571 g/mol. The first-order chi connectivity index (χ1) is 18.9. The lowest BCUT2D eigenvalue weighted by Gasteiger charge is -2.35. The molecule has 1 aromatic heterocycles. The van der Waals surface area contributed by atoms with Crippen molar-refractivity contribution in [1.82, 2.24) is 20.5 Å². The Morgan fingerprint density at radius 3 is 2.45 bits per heavy atom. The molecule has 3 N–H and O–H groups in total. The molecule has 1 saturated heterocycles. The molecule has 218 valence electrons. The molecule has 40 heavy (non-hydrogen) atoms. The second-order valence-corrected chi connectivity index (χ2v) is 12.5. The van der Waals surface area contributed by atoms with E-state index in [2.05, 4.69) is 15.6 Å². The minimum Gasteiger partial charge on any atom is -0.391 e. The van der Waals surface area contributed by atoms with Gasteiger partial charge in [0, 0.05) is 25.8 Å².